The van der Waals surface area contributed by atoms with Gasteiger partial charge in [-0.25, -0.2) is 10.9 Å². The summed E-state index contributed by atoms with van der Waals surface area (Å²) < 4.78 is 0. The molecule has 0 aliphatic rings. The molecule has 1 atom stereocenters. The molecule has 0 aliphatic carbocycles. The van der Waals surface area contributed by atoms with Gasteiger partial charge in [0.05, 0.1) is 6.17 Å². The van der Waals surface area contributed by atoms with Crippen molar-refractivity contribution in [2.75, 3.05) is 14.1 Å². The normalized spacial score (nSPS) is 14.3. The van der Waals surface area contributed by atoms with Crippen LogP contribution in [0.1, 0.15) is 20.8 Å². The fourth-order valence-electron chi connectivity index (χ4n) is 0.857. The fraction of sp³-hybridized carbons (Fsp3) is 0.778. The van der Waals surface area contributed by atoms with Gasteiger partial charge in [-0.3, -0.25) is 0 Å². The molecule has 0 heterocycles. The highest BCUT2D eigenvalue weighted by atomic mass is 15.7. The van der Waals surface area contributed by atoms with Gasteiger partial charge < -0.3 is 5.32 Å². The Bertz CT molecular complexity index is 150. The first-order valence-electron chi connectivity index (χ1n) is 4.46. The molecule has 0 aromatic rings. The molecule has 4 heteroatoms. The molecule has 4 nitrogen and oxygen atoms in total. The predicted molar refractivity (Wildman–Crippen MR) is 56.5 cm³/mol. The van der Waals surface area contributed by atoms with Gasteiger partial charge in [-0.2, -0.15) is 5.12 Å². The number of nitrogens with zero attached hydrogens (tertiary/aromatic N) is 1. The Kier molecular flexibility index (Phi) is 4.98. The summed E-state index contributed by atoms with van der Waals surface area (Å²) in [6.45, 7) is 10.1. The van der Waals surface area contributed by atoms with Crippen molar-refractivity contribution < 1.29 is 0 Å². The summed E-state index contributed by atoms with van der Waals surface area (Å²) >= 11 is 0. The van der Waals surface area contributed by atoms with Gasteiger partial charge in [0, 0.05) is 14.1 Å². The van der Waals surface area contributed by atoms with Crippen LogP contribution in [0.3, 0.4) is 0 Å². The molecular weight excluding hydrogens is 164 g/mol. The number of hydrogen-bond acceptors (Lipinski definition) is 4. The van der Waals surface area contributed by atoms with Crippen molar-refractivity contribution in [1.82, 2.24) is 21.3 Å². The van der Waals surface area contributed by atoms with E-state index in [1.807, 2.05) is 19.2 Å². The second kappa shape index (κ2) is 5.21. The van der Waals surface area contributed by atoms with Gasteiger partial charge in [0.1, 0.15) is 0 Å². The molecule has 0 aromatic heterocycles. The average Bonchev–Trinajstić information content (AvgIpc) is 2.01. The summed E-state index contributed by atoms with van der Waals surface area (Å²) in [7, 11) is 3.78. The fourth-order valence-corrected chi connectivity index (χ4v) is 0.857. The van der Waals surface area contributed by atoms with Gasteiger partial charge in [0.25, 0.3) is 0 Å². The monoisotopic (exact) mass is 186 g/mol. The molecule has 0 saturated heterocycles. The summed E-state index contributed by atoms with van der Waals surface area (Å²) in [5.74, 6) is 0. The molecule has 78 valence electrons. The summed E-state index contributed by atoms with van der Waals surface area (Å²) in [5, 5.41) is 4.97. The van der Waals surface area contributed by atoms with Crippen molar-refractivity contribution in [2.24, 2.45) is 5.41 Å². The minimum absolute atomic E-state index is 0.124. The van der Waals surface area contributed by atoms with E-state index >= 15 is 0 Å². The van der Waals surface area contributed by atoms with Gasteiger partial charge in [0.15, 0.2) is 0 Å². The van der Waals surface area contributed by atoms with E-state index in [0.717, 1.165) is 0 Å². The van der Waals surface area contributed by atoms with Crippen molar-refractivity contribution in [1.29, 1.82) is 0 Å². The lowest BCUT2D eigenvalue weighted by Gasteiger charge is -2.34. The van der Waals surface area contributed by atoms with Gasteiger partial charge >= 0.3 is 0 Å². The maximum Gasteiger partial charge on any atom is 0.0956 e. The highest BCUT2D eigenvalue weighted by Crippen LogP contribution is 2.16. The first kappa shape index (κ1) is 12.4. The molecular formula is C9H22N4. The first-order valence-corrected chi connectivity index (χ1v) is 4.46. The lowest BCUT2D eigenvalue weighted by molar-refractivity contribution is 0.0833. The van der Waals surface area contributed by atoms with Gasteiger partial charge in [0.2, 0.25) is 0 Å². The van der Waals surface area contributed by atoms with Crippen LogP contribution >= 0.6 is 0 Å². The topological polar surface area (TPSA) is 39.3 Å². The zero-order valence-electron chi connectivity index (χ0n) is 9.31. The molecule has 0 bridgehead atoms. The van der Waals surface area contributed by atoms with Crippen molar-refractivity contribution in [3.8, 4) is 0 Å². The highest BCUT2D eigenvalue weighted by Gasteiger charge is 2.23. The van der Waals surface area contributed by atoms with Crippen LogP contribution in [-0.4, -0.2) is 25.4 Å². The molecule has 0 fully saturated rings. The van der Waals surface area contributed by atoms with Crippen LogP contribution in [0, 0.1) is 5.41 Å². The van der Waals surface area contributed by atoms with Crippen LogP contribution in [0.15, 0.2) is 12.8 Å². The maximum absolute atomic E-state index is 3.66. The third-order valence-electron chi connectivity index (χ3n) is 1.81. The van der Waals surface area contributed by atoms with E-state index in [4.69, 9.17) is 0 Å². The summed E-state index contributed by atoms with van der Waals surface area (Å²) in [5.41, 5.74) is 6.35. The van der Waals surface area contributed by atoms with Crippen LogP contribution in [0.2, 0.25) is 0 Å². The van der Waals surface area contributed by atoms with Crippen LogP contribution < -0.4 is 16.2 Å². The summed E-state index contributed by atoms with van der Waals surface area (Å²) in [6, 6.07) is 0. The maximum atomic E-state index is 3.66. The predicted octanol–water partition coefficient (Wildman–Crippen LogP) is 0.662. The van der Waals surface area contributed by atoms with E-state index in [2.05, 4.69) is 43.5 Å². The summed E-state index contributed by atoms with van der Waals surface area (Å²) in [4.78, 5) is 0. The molecule has 1 unspecified atom stereocenters. The van der Waals surface area contributed by atoms with Crippen molar-refractivity contribution >= 4 is 0 Å². The third-order valence-corrected chi connectivity index (χ3v) is 1.81. The highest BCUT2D eigenvalue weighted by molar-refractivity contribution is 4.81. The molecule has 13 heavy (non-hydrogen) atoms. The van der Waals surface area contributed by atoms with Crippen molar-refractivity contribution in [3.05, 3.63) is 12.8 Å². The molecule has 0 rings (SSSR count). The Hall–Kier alpha value is -0.580. The number of rotatable bonds is 5. The van der Waals surface area contributed by atoms with Gasteiger partial charge in [-0.15, -0.1) is 0 Å². The van der Waals surface area contributed by atoms with Gasteiger partial charge in [-0.1, -0.05) is 27.4 Å². The Morgan fingerprint density at radius 3 is 2.23 bits per heavy atom. The molecule has 0 spiro atoms. The standard InChI is InChI=1S/C9H22N4/c1-7-11-8(9(2,3)4)12-13(6)10-5/h7-8,10-12H,1H2,2-6H3. The molecule has 0 amide bonds. The number of hydrogen-bond donors (Lipinski definition) is 3. The molecule has 3 N–H and O–H groups in total. The molecule has 0 aromatic carbocycles. The second-order valence-corrected chi connectivity index (χ2v) is 4.08. The Labute approximate surface area is 81.3 Å². The molecule has 0 saturated carbocycles. The SMILES string of the molecule is C=CNC(NN(C)NC)C(C)(C)C. The lowest BCUT2D eigenvalue weighted by atomic mass is 9.93. The smallest absolute Gasteiger partial charge is 0.0956 e. The van der Waals surface area contributed by atoms with E-state index < -0.39 is 0 Å². The lowest BCUT2D eigenvalue weighted by Crippen LogP contribution is -2.57. The Morgan fingerprint density at radius 1 is 1.38 bits per heavy atom. The Morgan fingerprint density at radius 2 is 1.92 bits per heavy atom. The van der Waals surface area contributed by atoms with Crippen LogP contribution in [-0.2, 0) is 0 Å². The van der Waals surface area contributed by atoms with Crippen LogP contribution in [0.4, 0.5) is 0 Å². The largest absolute Gasteiger partial charge is 0.375 e. The van der Waals surface area contributed by atoms with E-state index in [0.29, 0.717) is 0 Å². The molecule has 0 aliphatic heterocycles. The number of hydrazine groups is 2. The third kappa shape index (κ3) is 4.87. The second-order valence-electron chi connectivity index (χ2n) is 4.08. The molecule has 0 radical (unpaired) electrons. The minimum Gasteiger partial charge on any atom is -0.375 e. The zero-order valence-corrected chi connectivity index (χ0v) is 9.31. The summed E-state index contributed by atoms with van der Waals surface area (Å²) in [6.07, 6.45) is 1.86. The number of nitrogens with one attached hydrogen (secondary N) is 3. The van der Waals surface area contributed by atoms with Gasteiger partial charge in [-0.05, 0) is 11.6 Å². The first-order chi connectivity index (χ1) is 5.91. The van der Waals surface area contributed by atoms with E-state index in [1.54, 1.807) is 6.20 Å². The van der Waals surface area contributed by atoms with E-state index in [1.165, 1.54) is 0 Å². The van der Waals surface area contributed by atoms with Crippen LogP contribution in [0.25, 0.3) is 0 Å². The van der Waals surface area contributed by atoms with E-state index in [-0.39, 0.29) is 11.6 Å². The minimum atomic E-state index is 0.124. The quantitative estimate of drug-likeness (QED) is 0.436. The zero-order chi connectivity index (χ0) is 10.5. The van der Waals surface area contributed by atoms with Crippen molar-refractivity contribution in [2.45, 2.75) is 26.9 Å². The van der Waals surface area contributed by atoms with E-state index in [9.17, 15) is 0 Å². The Balaban J connectivity index is 4.17. The van der Waals surface area contributed by atoms with Crippen LogP contribution in [0.5, 0.6) is 0 Å². The average molecular weight is 186 g/mol. The van der Waals surface area contributed by atoms with Crippen molar-refractivity contribution in [3.63, 3.8) is 0 Å².